The van der Waals surface area contributed by atoms with Crippen molar-refractivity contribution < 1.29 is 9.59 Å². The quantitative estimate of drug-likeness (QED) is 0.710. The first-order chi connectivity index (χ1) is 12.7. The molecule has 3 aromatic rings. The van der Waals surface area contributed by atoms with E-state index in [9.17, 15) is 9.59 Å². The zero-order chi connectivity index (χ0) is 17.9. The molecule has 2 amide bonds. The first kappa shape index (κ1) is 15.8. The largest absolute Gasteiger partial charge is 0.356 e. The Morgan fingerprint density at radius 1 is 0.615 bits per heavy atom. The molecule has 0 saturated heterocycles. The average Bonchev–Trinajstić information content (AvgIpc) is 3.01. The SMILES string of the molecule is O=C1C=CC(=O)N1c1ccccc1-c1ccc(Nc2ccccc2)cc1. The van der Waals surface area contributed by atoms with Gasteiger partial charge in [0.25, 0.3) is 11.8 Å². The molecule has 4 rings (SSSR count). The molecule has 1 aliphatic rings. The number of anilines is 3. The summed E-state index contributed by atoms with van der Waals surface area (Å²) in [5.74, 6) is -0.630. The molecule has 4 nitrogen and oxygen atoms in total. The van der Waals surface area contributed by atoms with E-state index >= 15 is 0 Å². The molecule has 0 spiro atoms. The molecule has 126 valence electrons. The third-order valence-electron chi connectivity index (χ3n) is 4.21. The molecule has 3 aromatic carbocycles. The van der Waals surface area contributed by atoms with Crippen LogP contribution in [0.1, 0.15) is 0 Å². The summed E-state index contributed by atoms with van der Waals surface area (Å²) in [6.07, 6.45) is 2.60. The number of rotatable bonds is 4. The standard InChI is InChI=1S/C22H16N2O2/c25-21-14-15-22(26)24(21)20-9-5-4-8-19(20)16-10-12-18(13-11-16)23-17-6-2-1-3-7-17/h1-15,23H. The molecule has 0 atom stereocenters. The molecule has 0 aliphatic carbocycles. The lowest BCUT2D eigenvalue weighted by Crippen LogP contribution is -2.29. The predicted octanol–water partition coefficient (Wildman–Crippen LogP) is 4.53. The molecule has 0 radical (unpaired) electrons. The number of hydrogen-bond donors (Lipinski definition) is 1. The summed E-state index contributed by atoms with van der Waals surface area (Å²) in [4.78, 5) is 25.3. The Kier molecular flexibility index (Phi) is 4.07. The van der Waals surface area contributed by atoms with Crippen molar-refractivity contribution in [3.05, 3.63) is 91.0 Å². The fraction of sp³-hybridized carbons (Fsp3) is 0. The minimum Gasteiger partial charge on any atom is -0.356 e. The van der Waals surface area contributed by atoms with E-state index in [-0.39, 0.29) is 11.8 Å². The second kappa shape index (κ2) is 6.69. The molecular weight excluding hydrogens is 324 g/mol. The lowest BCUT2D eigenvalue weighted by molar-refractivity contribution is -0.119. The van der Waals surface area contributed by atoms with E-state index < -0.39 is 0 Å². The van der Waals surface area contributed by atoms with Crippen LogP contribution in [0, 0.1) is 0 Å². The smallest absolute Gasteiger partial charge is 0.258 e. The third-order valence-corrected chi connectivity index (χ3v) is 4.21. The summed E-state index contributed by atoms with van der Waals surface area (Å²) in [5.41, 5.74) is 4.35. The average molecular weight is 340 g/mol. The van der Waals surface area contributed by atoms with Gasteiger partial charge in [-0.2, -0.15) is 0 Å². The van der Waals surface area contributed by atoms with Gasteiger partial charge in [0, 0.05) is 29.1 Å². The molecule has 4 heteroatoms. The van der Waals surface area contributed by atoms with Crippen molar-refractivity contribution in [1.82, 2.24) is 0 Å². The van der Waals surface area contributed by atoms with E-state index in [1.54, 1.807) is 6.07 Å². The summed E-state index contributed by atoms with van der Waals surface area (Å²) in [7, 11) is 0. The summed E-state index contributed by atoms with van der Waals surface area (Å²) < 4.78 is 0. The Balaban J connectivity index is 1.64. The Bertz CT molecular complexity index is 974. The number of nitrogens with one attached hydrogen (secondary N) is 1. The predicted molar refractivity (Wildman–Crippen MR) is 103 cm³/mol. The van der Waals surface area contributed by atoms with Crippen LogP contribution in [0.2, 0.25) is 0 Å². The Morgan fingerprint density at radius 2 is 1.19 bits per heavy atom. The van der Waals surface area contributed by atoms with Crippen LogP contribution in [-0.2, 0) is 9.59 Å². The number of amides is 2. The molecule has 1 aliphatic heterocycles. The summed E-state index contributed by atoms with van der Waals surface area (Å²) in [6, 6.07) is 25.2. The summed E-state index contributed by atoms with van der Waals surface area (Å²) >= 11 is 0. The van der Waals surface area contributed by atoms with E-state index in [2.05, 4.69) is 5.32 Å². The number of carbonyl (C=O) groups is 2. The normalized spacial score (nSPS) is 13.3. The first-order valence-electron chi connectivity index (χ1n) is 8.30. The van der Waals surface area contributed by atoms with Crippen LogP contribution in [-0.4, -0.2) is 11.8 Å². The third kappa shape index (κ3) is 3.00. The maximum Gasteiger partial charge on any atom is 0.258 e. The van der Waals surface area contributed by atoms with E-state index in [1.807, 2.05) is 72.8 Å². The number of hydrogen-bond acceptors (Lipinski definition) is 3. The van der Waals surface area contributed by atoms with E-state index in [0.29, 0.717) is 5.69 Å². The van der Waals surface area contributed by atoms with Gasteiger partial charge >= 0.3 is 0 Å². The van der Waals surface area contributed by atoms with Crippen LogP contribution in [0.3, 0.4) is 0 Å². The molecule has 26 heavy (non-hydrogen) atoms. The highest BCUT2D eigenvalue weighted by Gasteiger charge is 2.27. The van der Waals surface area contributed by atoms with Gasteiger partial charge in [-0.15, -0.1) is 0 Å². The van der Waals surface area contributed by atoms with Gasteiger partial charge in [0.2, 0.25) is 0 Å². The number of carbonyl (C=O) groups excluding carboxylic acids is 2. The minimum atomic E-state index is -0.315. The zero-order valence-electron chi connectivity index (χ0n) is 13.9. The van der Waals surface area contributed by atoms with E-state index in [4.69, 9.17) is 0 Å². The number of nitrogens with zero attached hydrogens (tertiary/aromatic N) is 1. The van der Waals surface area contributed by atoms with Gasteiger partial charge in [-0.25, -0.2) is 4.90 Å². The van der Waals surface area contributed by atoms with Crippen molar-refractivity contribution in [2.24, 2.45) is 0 Å². The monoisotopic (exact) mass is 340 g/mol. The van der Waals surface area contributed by atoms with Crippen molar-refractivity contribution in [2.75, 3.05) is 10.2 Å². The topological polar surface area (TPSA) is 49.4 Å². The van der Waals surface area contributed by atoms with Gasteiger partial charge in [-0.1, -0.05) is 48.5 Å². The fourth-order valence-corrected chi connectivity index (χ4v) is 2.97. The van der Waals surface area contributed by atoms with Crippen LogP contribution in [0.4, 0.5) is 17.1 Å². The zero-order valence-corrected chi connectivity index (χ0v) is 13.9. The van der Waals surface area contributed by atoms with Crippen molar-refractivity contribution in [3.63, 3.8) is 0 Å². The lowest BCUT2D eigenvalue weighted by Gasteiger charge is -2.18. The molecule has 0 unspecified atom stereocenters. The van der Waals surface area contributed by atoms with Crippen LogP contribution < -0.4 is 10.2 Å². The highest BCUT2D eigenvalue weighted by atomic mass is 16.2. The highest BCUT2D eigenvalue weighted by Crippen LogP contribution is 2.33. The van der Waals surface area contributed by atoms with Crippen LogP contribution in [0.25, 0.3) is 11.1 Å². The van der Waals surface area contributed by atoms with Crippen LogP contribution in [0.15, 0.2) is 91.0 Å². The second-order valence-corrected chi connectivity index (χ2v) is 5.93. The maximum absolute atomic E-state index is 12.0. The van der Waals surface area contributed by atoms with E-state index in [1.165, 1.54) is 17.1 Å². The molecule has 0 saturated carbocycles. The summed E-state index contributed by atoms with van der Waals surface area (Å²) in [5, 5.41) is 3.34. The molecule has 0 fully saturated rings. The molecule has 1 heterocycles. The fourth-order valence-electron chi connectivity index (χ4n) is 2.97. The molecule has 0 aromatic heterocycles. The Morgan fingerprint density at radius 3 is 1.88 bits per heavy atom. The number of imide groups is 1. The Labute approximate surface area is 151 Å². The maximum atomic E-state index is 12.0. The van der Waals surface area contributed by atoms with Crippen molar-refractivity contribution in [2.45, 2.75) is 0 Å². The van der Waals surface area contributed by atoms with Crippen molar-refractivity contribution in [3.8, 4) is 11.1 Å². The summed E-state index contributed by atoms with van der Waals surface area (Å²) in [6.45, 7) is 0. The highest BCUT2D eigenvalue weighted by molar-refractivity contribution is 6.29. The number of para-hydroxylation sites is 2. The van der Waals surface area contributed by atoms with E-state index in [0.717, 1.165) is 22.5 Å². The second-order valence-electron chi connectivity index (χ2n) is 5.93. The van der Waals surface area contributed by atoms with Crippen molar-refractivity contribution >= 4 is 28.9 Å². The van der Waals surface area contributed by atoms with Gasteiger partial charge in [-0.3, -0.25) is 9.59 Å². The molecule has 1 N–H and O–H groups in total. The van der Waals surface area contributed by atoms with Gasteiger partial charge in [0.15, 0.2) is 0 Å². The lowest BCUT2D eigenvalue weighted by atomic mass is 10.0. The first-order valence-corrected chi connectivity index (χ1v) is 8.30. The van der Waals surface area contributed by atoms with Crippen LogP contribution in [0.5, 0.6) is 0 Å². The molecular formula is C22H16N2O2. The molecule has 0 bridgehead atoms. The number of benzene rings is 3. The Hall–Kier alpha value is -3.66. The van der Waals surface area contributed by atoms with Gasteiger partial charge in [-0.05, 0) is 35.9 Å². The van der Waals surface area contributed by atoms with Gasteiger partial charge in [0.1, 0.15) is 0 Å². The van der Waals surface area contributed by atoms with Crippen LogP contribution >= 0.6 is 0 Å². The van der Waals surface area contributed by atoms with Gasteiger partial charge in [0.05, 0.1) is 5.69 Å². The minimum absolute atomic E-state index is 0.315. The van der Waals surface area contributed by atoms with Gasteiger partial charge < -0.3 is 5.32 Å². The van der Waals surface area contributed by atoms with Crippen molar-refractivity contribution in [1.29, 1.82) is 0 Å².